The normalized spacial score (nSPS) is 13.5. The highest BCUT2D eigenvalue weighted by Crippen LogP contribution is 2.27. The van der Waals surface area contributed by atoms with Gasteiger partial charge in [-0.2, -0.15) is 0 Å². The summed E-state index contributed by atoms with van der Waals surface area (Å²) in [6.45, 7) is 5.08. The number of amides is 2. The van der Waals surface area contributed by atoms with Crippen LogP contribution in [0.5, 0.6) is 0 Å². The fraction of sp³-hybridized carbons (Fsp3) is 0.389. The van der Waals surface area contributed by atoms with Crippen molar-refractivity contribution in [2.24, 2.45) is 0 Å². The van der Waals surface area contributed by atoms with Crippen LogP contribution in [0.4, 0.5) is 15.5 Å². The van der Waals surface area contributed by atoms with Crippen molar-refractivity contribution in [1.29, 1.82) is 0 Å². The van der Waals surface area contributed by atoms with E-state index < -0.39 is 0 Å². The fourth-order valence-electron chi connectivity index (χ4n) is 3.04. The second kappa shape index (κ2) is 7.51. The van der Waals surface area contributed by atoms with E-state index in [0.717, 1.165) is 30.9 Å². The molecule has 0 aliphatic carbocycles. The van der Waals surface area contributed by atoms with Gasteiger partial charge < -0.3 is 10.2 Å². The van der Waals surface area contributed by atoms with E-state index in [0.29, 0.717) is 6.54 Å². The molecule has 2 amide bonds. The summed E-state index contributed by atoms with van der Waals surface area (Å²) in [5.74, 6) is 0. The molecule has 0 fully saturated rings. The molecule has 122 valence electrons. The maximum atomic E-state index is 11.8. The minimum Gasteiger partial charge on any atom is -0.372 e. The van der Waals surface area contributed by atoms with Gasteiger partial charge in [0.2, 0.25) is 0 Å². The van der Waals surface area contributed by atoms with E-state index in [1.807, 2.05) is 17.5 Å². The lowest BCUT2D eigenvalue weighted by atomic mass is 9.98. The number of nitrogens with zero attached hydrogens (tertiary/aromatic N) is 1. The second-order valence-electron chi connectivity index (χ2n) is 5.75. The van der Waals surface area contributed by atoms with E-state index in [1.165, 1.54) is 34.6 Å². The van der Waals surface area contributed by atoms with Crippen LogP contribution in [-0.2, 0) is 12.8 Å². The van der Waals surface area contributed by atoms with Gasteiger partial charge in [0.25, 0.3) is 0 Å². The standard InChI is InChI=1S/C18H23N3OS/c1-2-21-11-3-5-15-13-14(7-8-16(15)21)9-10-19-18(22)20-17-6-4-12-23-17/h4,6-8,12-13H,2-3,5,9-11H2,1H3,(H2,19,20,22). The maximum absolute atomic E-state index is 11.8. The number of thiophene rings is 1. The molecule has 2 N–H and O–H groups in total. The SMILES string of the molecule is CCN1CCCc2cc(CCNC(=O)Nc3cccs3)ccc21. The molecule has 4 nitrogen and oxygen atoms in total. The Morgan fingerprint density at radius 3 is 3.04 bits per heavy atom. The summed E-state index contributed by atoms with van der Waals surface area (Å²) in [5.41, 5.74) is 4.11. The van der Waals surface area contributed by atoms with Crippen molar-refractivity contribution in [2.75, 3.05) is 29.9 Å². The Kier molecular flexibility index (Phi) is 5.18. The lowest BCUT2D eigenvalue weighted by Gasteiger charge is -2.30. The number of hydrogen-bond donors (Lipinski definition) is 2. The smallest absolute Gasteiger partial charge is 0.319 e. The van der Waals surface area contributed by atoms with Gasteiger partial charge in [-0.1, -0.05) is 12.1 Å². The average Bonchev–Trinajstić information content (AvgIpc) is 3.07. The van der Waals surface area contributed by atoms with Gasteiger partial charge in [0.1, 0.15) is 0 Å². The number of anilines is 2. The molecular formula is C18H23N3OS. The first-order valence-electron chi connectivity index (χ1n) is 8.21. The van der Waals surface area contributed by atoms with Gasteiger partial charge in [0.05, 0.1) is 5.00 Å². The van der Waals surface area contributed by atoms with Crippen molar-refractivity contribution in [2.45, 2.75) is 26.2 Å². The van der Waals surface area contributed by atoms with Crippen molar-refractivity contribution in [3.05, 3.63) is 46.8 Å². The molecule has 3 rings (SSSR count). The van der Waals surface area contributed by atoms with E-state index in [9.17, 15) is 4.79 Å². The molecule has 1 aliphatic heterocycles. The monoisotopic (exact) mass is 329 g/mol. The van der Waals surface area contributed by atoms with Crippen LogP contribution >= 0.6 is 11.3 Å². The molecule has 23 heavy (non-hydrogen) atoms. The third-order valence-electron chi connectivity index (χ3n) is 4.20. The summed E-state index contributed by atoms with van der Waals surface area (Å²) in [7, 11) is 0. The Balaban J connectivity index is 1.51. The average molecular weight is 329 g/mol. The third kappa shape index (κ3) is 4.05. The summed E-state index contributed by atoms with van der Waals surface area (Å²) in [6, 6.07) is 10.4. The van der Waals surface area contributed by atoms with E-state index in [-0.39, 0.29) is 6.03 Å². The maximum Gasteiger partial charge on any atom is 0.319 e. The van der Waals surface area contributed by atoms with Crippen molar-refractivity contribution in [3.63, 3.8) is 0 Å². The molecule has 0 radical (unpaired) electrons. The van der Waals surface area contributed by atoms with Gasteiger partial charge in [-0.05, 0) is 60.9 Å². The Bertz CT molecular complexity index is 654. The number of aryl methyl sites for hydroxylation is 1. The van der Waals surface area contributed by atoms with Gasteiger partial charge >= 0.3 is 6.03 Å². The quantitative estimate of drug-likeness (QED) is 0.874. The van der Waals surface area contributed by atoms with Crippen LogP contribution in [0.25, 0.3) is 0 Å². The minimum atomic E-state index is -0.137. The first-order chi connectivity index (χ1) is 11.3. The third-order valence-corrected chi connectivity index (χ3v) is 4.98. The van der Waals surface area contributed by atoms with E-state index in [4.69, 9.17) is 0 Å². The lowest BCUT2D eigenvalue weighted by molar-refractivity contribution is 0.252. The topological polar surface area (TPSA) is 44.4 Å². The van der Waals surface area contributed by atoms with Crippen LogP contribution in [0.1, 0.15) is 24.5 Å². The number of carbonyl (C=O) groups excluding carboxylic acids is 1. The molecule has 2 heterocycles. The molecule has 5 heteroatoms. The van der Waals surface area contributed by atoms with Gasteiger partial charge in [-0.15, -0.1) is 11.3 Å². The van der Waals surface area contributed by atoms with Gasteiger partial charge in [-0.3, -0.25) is 5.32 Å². The summed E-state index contributed by atoms with van der Waals surface area (Å²) in [5, 5.41) is 8.57. The zero-order valence-electron chi connectivity index (χ0n) is 13.5. The van der Waals surface area contributed by atoms with Crippen LogP contribution in [0.3, 0.4) is 0 Å². The Labute approximate surface area is 141 Å². The first-order valence-corrected chi connectivity index (χ1v) is 9.09. The second-order valence-corrected chi connectivity index (χ2v) is 6.70. The molecule has 0 bridgehead atoms. The number of nitrogens with one attached hydrogen (secondary N) is 2. The lowest BCUT2D eigenvalue weighted by Crippen LogP contribution is -2.30. The zero-order valence-corrected chi connectivity index (χ0v) is 14.3. The number of carbonyl (C=O) groups is 1. The molecule has 2 aromatic rings. The van der Waals surface area contributed by atoms with Crippen molar-refractivity contribution in [3.8, 4) is 0 Å². The molecule has 1 aromatic heterocycles. The fourth-order valence-corrected chi connectivity index (χ4v) is 3.65. The van der Waals surface area contributed by atoms with Gasteiger partial charge in [0, 0.05) is 25.3 Å². The van der Waals surface area contributed by atoms with Crippen LogP contribution in [-0.4, -0.2) is 25.7 Å². The molecule has 0 unspecified atom stereocenters. The van der Waals surface area contributed by atoms with Crippen molar-refractivity contribution < 1.29 is 4.79 Å². The summed E-state index contributed by atoms with van der Waals surface area (Å²) >= 11 is 1.52. The number of fused-ring (bicyclic) bond motifs is 1. The minimum absolute atomic E-state index is 0.137. The molecule has 0 spiro atoms. The van der Waals surface area contributed by atoms with Crippen LogP contribution in [0.15, 0.2) is 35.7 Å². The molecule has 1 aromatic carbocycles. The highest BCUT2D eigenvalue weighted by Gasteiger charge is 2.15. The molecule has 1 aliphatic rings. The van der Waals surface area contributed by atoms with Crippen molar-refractivity contribution >= 4 is 28.1 Å². The van der Waals surface area contributed by atoms with Crippen LogP contribution in [0.2, 0.25) is 0 Å². The highest BCUT2D eigenvalue weighted by atomic mass is 32.1. The van der Waals surface area contributed by atoms with Crippen LogP contribution < -0.4 is 15.5 Å². The molecule has 0 atom stereocenters. The summed E-state index contributed by atoms with van der Waals surface area (Å²) in [6.07, 6.45) is 3.25. The molecular weight excluding hydrogens is 306 g/mol. The first kappa shape index (κ1) is 15.9. The van der Waals surface area contributed by atoms with E-state index in [1.54, 1.807) is 0 Å². The molecule has 0 saturated heterocycles. The Morgan fingerprint density at radius 1 is 1.35 bits per heavy atom. The van der Waals surface area contributed by atoms with Crippen LogP contribution in [0, 0.1) is 0 Å². The van der Waals surface area contributed by atoms with E-state index >= 15 is 0 Å². The Hall–Kier alpha value is -2.01. The van der Waals surface area contributed by atoms with E-state index in [2.05, 4.69) is 40.7 Å². The number of urea groups is 1. The zero-order chi connectivity index (χ0) is 16.1. The Morgan fingerprint density at radius 2 is 2.26 bits per heavy atom. The van der Waals surface area contributed by atoms with Gasteiger partial charge in [-0.25, -0.2) is 4.79 Å². The van der Waals surface area contributed by atoms with Gasteiger partial charge in [0.15, 0.2) is 0 Å². The highest BCUT2D eigenvalue weighted by molar-refractivity contribution is 7.14. The predicted octanol–water partition coefficient (Wildman–Crippen LogP) is 3.88. The number of rotatable bonds is 5. The summed E-state index contributed by atoms with van der Waals surface area (Å²) in [4.78, 5) is 14.2. The summed E-state index contributed by atoms with van der Waals surface area (Å²) < 4.78 is 0. The molecule has 0 saturated carbocycles. The van der Waals surface area contributed by atoms with Crippen molar-refractivity contribution in [1.82, 2.24) is 5.32 Å². The number of benzene rings is 1. The number of hydrogen-bond acceptors (Lipinski definition) is 3. The largest absolute Gasteiger partial charge is 0.372 e. The predicted molar refractivity (Wildman–Crippen MR) is 97.7 cm³/mol.